The molecule has 1 unspecified atom stereocenters. The average molecular weight is 396 g/mol. The summed E-state index contributed by atoms with van der Waals surface area (Å²) in [7, 11) is 3.35. The summed E-state index contributed by atoms with van der Waals surface area (Å²) in [6.45, 7) is 14.1. The minimum absolute atomic E-state index is 0.134. The molecule has 0 aromatic carbocycles. The van der Waals surface area contributed by atoms with Gasteiger partial charge in [0.25, 0.3) is 0 Å². The van der Waals surface area contributed by atoms with Gasteiger partial charge in [0.15, 0.2) is 0 Å². The lowest BCUT2D eigenvalue weighted by molar-refractivity contribution is -0.128. The molecule has 1 fully saturated rings. The molecule has 0 bridgehead atoms. The zero-order valence-electron chi connectivity index (χ0n) is 17.8. The van der Waals surface area contributed by atoms with E-state index < -0.39 is 0 Å². The molecule has 1 aromatic heterocycles. The topological polar surface area (TPSA) is 54.8 Å². The van der Waals surface area contributed by atoms with Gasteiger partial charge in [-0.05, 0) is 41.5 Å². The Morgan fingerprint density at radius 3 is 2.33 bits per heavy atom. The van der Waals surface area contributed by atoms with Crippen LogP contribution in [0.5, 0.6) is 0 Å². The number of thioether (sulfide) groups is 1. The summed E-state index contributed by atoms with van der Waals surface area (Å²) in [5.74, 6) is 0.244. The molecular formula is C20H33N3O3S. The molecule has 152 valence electrons. The lowest BCUT2D eigenvalue weighted by Gasteiger charge is -2.33. The monoisotopic (exact) mass is 395 g/mol. The van der Waals surface area contributed by atoms with Crippen LogP contribution in [0.3, 0.4) is 0 Å². The van der Waals surface area contributed by atoms with Gasteiger partial charge >= 0.3 is 5.97 Å². The lowest BCUT2D eigenvalue weighted by Crippen LogP contribution is -2.43. The molecule has 2 heterocycles. The number of aromatic nitrogens is 1. The fraction of sp³-hybridized carbons (Fsp3) is 0.700. The van der Waals surface area contributed by atoms with E-state index in [9.17, 15) is 9.59 Å². The largest absolute Gasteiger partial charge is 0.465 e. The number of esters is 1. The third-order valence-corrected chi connectivity index (χ3v) is 6.78. The molecular weight excluding hydrogens is 362 g/mol. The van der Waals surface area contributed by atoms with Crippen molar-refractivity contribution in [1.82, 2.24) is 14.4 Å². The Hall–Kier alpha value is -1.47. The first-order valence-electron chi connectivity index (χ1n) is 9.52. The van der Waals surface area contributed by atoms with Gasteiger partial charge in [0, 0.05) is 49.2 Å². The van der Waals surface area contributed by atoms with Crippen LogP contribution in [0.4, 0.5) is 0 Å². The van der Waals surface area contributed by atoms with Crippen molar-refractivity contribution >= 4 is 23.6 Å². The molecule has 1 aliphatic heterocycles. The number of amides is 1. The van der Waals surface area contributed by atoms with Crippen LogP contribution in [0.25, 0.3) is 0 Å². The van der Waals surface area contributed by atoms with Crippen LogP contribution >= 0.6 is 11.8 Å². The van der Waals surface area contributed by atoms with E-state index in [1.807, 2.05) is 30.4 Å². The maximum Gasteiger partial charge on any atom is 0.340 e. The van der Waals surface area contributed by atoms with Gasteiger partial charge in [0.1, 0.15) is 5.37 Å². The second-order valence-electron chi connectivity index (χ2n) is 7.69. The zero-order valence-corrected chi connectivity index (χ0v) is 18.6. The highest BCUT2D eigenvalue weighted by Gasteiger charge is 2.38. The molecule has 27 heavy (non-hydrogen) atoms. The van der Waals surface area contributed by atoms with Crippen molar-refractivity contribution in [3.63, 3.8) is 0 Å². The van der Waals surface area contributed by atoms with Gasteiger partial charge in [-0.15, -0.1) is 11.8 Å². The summed E-state index contributed by atoms with van der Waals surface area (Å²) in [4.78, 5) is 29.4. The summed E-state index contributed by atoms with van der Waals surface area (Å²) >= 11 is 1.60. The highest BCUT2D eigenvalue weighted by Crippen LogP contribution is 2.43. The van der Waals surface area contributed by atoms with Gasteiger partial charge in [-0.3, -0.25) is 9.69 Å². The van der Waals surface area contributed by atoms with E-state index in [1.165, 1.54) is 7.11 Å². The molecule has 7 heteroatoms. The van der Waals surface area contributed by atoms with Crippen molar-refractivity contribution in [2.75, 3.05) is 26.0 Å². The van der Waals surface area contributed by atoms with Crippen molar-refractivity contribution in [1.29, 1.82) is 0 Å². The standard InChI is InChI=1S/C20H33N3O3S/c1-12(2)22(13(3)4)9-10-23-16(24)11-27-19(23)17-14(5)21(7)15(6)18(17)20(25)26-8/h12-13,19H,9-11H2,1-8H3. The highest BCUT2D eigenvalue weighted by atomic mass is 32.2. The van der Waals surface area contributed by atoms with Crippen molar-refractivity contribution in [3.8, 4) is 0 Å². The molecule has 1 atom stereocenters. The Labute approximate surface area is 167 Å². The number of hydrogen-bond donors (Lipinski definition) is 0. The molecule has 1 saturated heterocycles. The Kier molecular flexibility index (Phi) is 7.03. The second kappa shape index (κ2) is 8.69. The molecule has 0 radical (unpaired) electrons. The number of carbonyl (C=O) groups excluding carboxylic acids is 2. The van der Waals surface area contributed by atoms with Gasteiger partial charge in [0.2, 0.25) is 5.91 Å². The molecule has 0 saturated carbocycles. The molecule has 0 aliphatic carbocycles. The van der Waals surface area contributed by atoms with Crippen LogP contribution in [-0.4, -0.2) is 64.3 Å². The Balaban J connectivity index is 2.36. The van der Waals surface area contributed by atoms with E-state index >= 15 is 0 Å². The Bertz CT molecular complexity index is 704. The zero-order chi connectivity index (χ0) is 20.5. The minimum Gasteiger partial charge on any atom is -0.465 e. The smallest absolute Gasteiger partial charge is 0.340 e. The van der Waals surface area contributed by atoms with Gasteiger partial charge in [-0.1, -0.05) is 0 Å². The van der Waals surface area contributed by atoms with Crippen LogP contribution in [0.2, 0.25) is 0 Å². The number of nitrogens with zero attached hydrogens (tertiary/aromatic N) is 3. The van der Waals surface area contributed by atoms with Crippen LogP contribution in [-0.2, 0) is 16.6 Å². The van der Waals surface area contributed by atoms with Crippen molar-refractivity contribution in [3.05, 3.63) is 22.5 Å². The number of hydrogen-bond acceptors (Lipinski definition) is 5. The normalized spacial score (nSPS) is 17.7. The predicted octanol–water partition coefficient (Wildman–Crippen LogP) is 3.12. The highest BCUT2D eigenvalue weighted by molar-refractivity contribution is 8.00. The van der Waals surface area contributed by atoms with Crippen molar-refractivity contribution < 1.29 is 14.3 Å². The summed E-state index contributed by atoms with van der Waals surface area (Å²) < 4.78 is 7.05. The fourth-order valence-electron chi connectivity index (χ4n) is 3.91. The average Bonchev–Trinajstić information content (AvgIpc) is 3.06. The predicted molar refractivity (Wildman–Crippen MR) is 110 cm³/mol. The molecule has 2 rings (SSSR count). The first-order valence-corrected chi connectivity index (χ1v) is 10.6. The lowest BCUT2D eigenvalue weighted by atomic mass is 10.1. The van der Waals surface area contributed by atoms with Crippen molar-refractivity contribution in [2.24, 2.45) is 7.05 Å². The summed E-state index contributed by atoms with van der Waals surface area (Å²) in [6, 6.07) is 0.834. The third-order valence-electron chi connectivity index (χ3n) is 5.56. The first-order chi connectivity index (χ1) is 12.6. The Morgan fingerprint density at radius 2 is 1.81 bits per heavy atom. The van der Waals surface area contributed by atoms with Crippen molar-refractivity contribution in [2.45, 2.75) is 59.0 Å². The minimum atomic E-state index is -0.336. The Morgan fingerprint density at radius 1 is 1.22 bits per heavy atom. The summed E-state index contributed by atoms with van der Waals surface area (Å²) in [6.07, 6.45) is 0. The van der Waals surface area contributed by atoms with E-state index in [-0.39, 0.29) is 17.3 Å². The maximum absolute atomic E-state index is 12.6. The molecule has 6 nitrogen and oxygen atoms in total. The van der Waals surface area contributed by atoms with E-state index in [0.717, 1.165) is 23.5 Å². The van der Waals surface area contributed by atoms with Gasteiger partial charge < -0.3 is 14.2 Å². The van der Waals surface area contributed by atoms with E-state index in [2.05, 4.69) is 32.6 Å². The fourth-order valence-corrected chi connectivity index (χ4v) is 5.23. The molecule has 0 N–H and O–H groups in total. The SMILES string of the molecule is COC(=O)c1c(C2SCC(=O)N2CCN(C(C)C)C(C)C)c(C)n(C)c1C. The molecule has 1 amide bonds. The van der Waals surface area contributed by atoms with Crippen LogP contribution in [0.1, 0.15) is 60.4 Å². The number of rotatable bonds is 7. The van der Waals surface area contributed by atoms with E-state index in [0.29, 0.717) is 29.9 Å². The van der Waals surface area contributed by atoms with E-state index in [4.69, 9.17) is 4.74 Å². The number of carbonyl (C=O) groups is 2. The number of ether oxygens (including phenoxy) is 1. The van der Waals surface area contributed by atoms with Crippen LogP contribution < -0.4 is 0 Å². The molecule has 1 aromatic rings. The summed E-state index contributed by atoms with van der Waals surface area (Å²) in [5.41, 5.74) is 3.40. The summed E-state index contributed by atoms with van der Waals surface area (Å²) in [5, 5.41) is -0.146. The second-order valence-corrected chi connectivity index (χ2v) is 8.75. The maximum atomic E-state index is 12.6. The molecule has 1 aliphatic rings. The van der Waals surface area contributed by atoms with Gasteiger partial charge in [-0.2, -0.15) is 0 Å². The van der Waals surface area contributed by atoms with Crippen LogP contribution in [0.15, 0.2) is 0 Å². The van der Waals surface area contributed by atoms with Gasteiger partial charge in [-0.25, -0.2) is 4.79 Å². The van der Waals surface area contributed by atoms with Gasteiger partial charge in [0.05, 0.1) is 18.4 Å². The first kappa shape index (κ1) is 21.8. The quantitative estimate of drug-likeness (QED) is 0.664. The van der Waals surface area contributed by atoms with E-state index in [1.54, 1.807) is 11.8 Å². The third kappa shape index (κ3) is 4.19. The van der Waals surface area contributed by atoms with Crippen LogP contribution in [0, 0.1) is 13.8 Å². The molecule has 0 spiro atoms. The number of methoxy groups -OCH3 is 1.